The quantitative estimate of drug-likeness (QED) is 0.287. The lowest BCUT2D eigenvalue weighted by Gasteiger charge is -2.06. The van der Waals surface area contributed by atoms with Gasteiger partial charge < -0.3 is 4.52 Å². The van der Waals surface area contributed by atoms with Crippen molar-refractivity contribution in [3.63, 3.8) is 0 Å². The van der Waals surface area contributed by atoms with Crippen LogP contribution in [0.1, 0.15) is 10.4 Å². The Labute approximate surface area is 94.2 Å². The molecular formula is C8H10IN2O2P. The van der Waals surface area contributed by atoms with Crippen molar-refractivity contribution in [2.24, 2.45) is 5.84 Å². The summed E-state index contributed by atoms with van der Waals surface area (Å²) in [7, 11) is 2.13. The number of amides is 1. The Bertz CT molecular complexity index is 370. The van der Waals surface area contributed by atoms with E-state index in [4.69, 9.17) is 10.4 Å². The normalized spacial score (nSPS) is 9.57. The van der Waals surface area contributed by atoms with Gasteiger partial charge in [-0.05, 0) is 18.2 Å². The standard InChI is InChI=1S/C8H10IN2O2P/c1-9-7-3-2-5(13-14)4-6(7)8(12)11-10/h2-4H,1,10,14H2,(H,11,12). The minimum atomic E-state index is -0.399. The van der Waals surface area contributed by atoms with Gasteiger partial charge in [-0.2, -0.15) is 0 Å². The number of hydrogen-bond donors (Lipinski definition) is 2. The van der Waals surface area contributed by atoms with Crippen molar-refractivity contribution >= 4 is 40.6 Å². The maximum atomic E-state index is 11.4. The van der Waals surface area contributed by atoms with Crippen molar-refractivity contribution in [2.75, 3.05) is 0 Å². The largest absolute Gasteiger partial charge is 0.480 e. The third kappa shape index (κ3) is 2.50. The average Bonchev–Trinajstić information content (AvgIpc) is 2.27. The topological polar surface area (TPSA) is 64.3 Å². The van der Waals surface area contributed by atoms with E-state index in [-0.39, 0.29) is 5.91 Å². The summed E-state index contributed by atoms with van der Waals surface area (Å²) in [6, 6.07) is 5.28. The Morgan fingerprint density at radius 2 is 2.36 bits per heavy atom. The average molecular weight is 324 g/mol. The van der Waals surface area contributed by atoms with Crippen LogP contribution < -0.4 is 15.8 Å². The van der Waals surface area contributed by atoms with E-state index in [1.165, 1.54) is 0 Å². The maximum absolute atomic E-state index is 11.4. The van der Waals surface area contributed by atoms with Crippen LogP contribution in [0.5, 0.6) is 5.75 Å². The van der Waals surface area contributed by atoms with E-state index in [2.05, 4.69) is 19.4 Å². The van der Waals surface area contributed by atoms with E-state index in [1.807, 2.05) is 6.07 Å². The van der Waals surface area contributed by atoms with Crippen molar-refractivity contribution in [1.29, 1.82) is 0 Å². The lowest BCUT2D eigenvalue weighted by molar-refractivity contribution is 0.0952. The second-order valence-corrected chi connectivity index (χ2v) is 4.53. The summed E-state index contributed by atoms with van der Waals surface area (Å²) in [5.41, 5.74) is 2.63. The number of nitrogens with two attached hydrogens (primary N) is 1. The second-order valence-electron chi connectivity index (χ2n) is 2.37. The van der Waals surface area contributed by atoms with Crippen molar-refractivity contribution in [3.05, 3.63) is 27.3 Å². The highest BCUT2D eigenvalue weighted by molar-refractivity contribution is 14.2. The third-order valence-corrected chi connectivity index (χ3v) is 3.63. The van der Waals surface area contributed by atoms with Crippen molar-refractivity contribution < 1.29 is 9.32 Å². The molecule has 0 saturated heterocycles. The molecule has 1 aromatic carbocycles. The zero-order valence-corrected chi connectivity index (χ0v) is 10.6. The molecule has 76 valence electrons. The first kappa shape index (κ1) is 11.6. The molecular weight excluding hydrogens is 314 g/mol. The molecule has 1 aromatic rings. The van der Waals surface area contributed by atoms with Crippen LogP contribution in [0.25, 0.3) is 0 Å². The first-order valence-corrected chi connectivity index (χ1v) is 6.70. The molecule has 1 amide bonds. The molecule has 1 unspecified atom stereocenters. The van der Waals surface area contributed by atoms with Gasteiger partial charge in [-0.25, -0.2) is 5.84 Å². The van der Waals surface area contributed by atoms with Crippen LogP contribution in [0.2, 0.25) is 0 Å². The molecule has 0 aliphatic rings. The molecule has 1 rings (SSSR count). The Balaban J connectivity index is 3.21. The number of benzene rings is 1. The van der Waals surface area contributed by atoms with Gasteiger partial charge in [0, 0.05) is 3.57 Å². The number of rotatable bonds is 3. The highest BCUT2D eigenvalue weighted by atomic mass is 127. The van der Waals surface area contributed by atoms with Gasteiger partial charge in [-0.3, -0.25) is 10.2 Å². The minimum absolute atomic E-state index is 0.313. The summed E-state index contributed by atoms with van der Waals surface area (Å²) in [6.45, 7) is 0. The number of hydrazine groups is 1. The second kappa shape index (κ2) is 5.38. The first-order valence-electron chi connectivity index (χ1n) is 3.63. The summed E-state index contributed by atoms with van der Waals surface area (Å²) < 4.78 is 9.71. The minimum Gasteiger partial charge on any atom is -0.480 e. The molecule has 0 saturated carbocycles. The molecule has 4 nitrogen and oxygen atoms in total. The van der Waals surface area contributed by atoms with Crippen molar-refractivity contribution in [3.8, 4) is 5.75 Å². The van der Waals surface area contributed by atoms with Gasteiger partial charge in [0.25, 0.3) is 5.91 Å². The number of nitrogen functional groups attached to an aromatic ring is 1. The van der Waals surface area contributed by atoms with Gasteiger partial charge in [0.15, 0.2) is 0 Å². The summed E-state index contributed by atoms with van der Waals surface area (Å²) in [5.74, 6) is 5.36. The highest BCUT2D eigenvalue weighted by Gasteiger charge is 2.09. The summed E-state index contributed by atoms with van der Waals surface area (Å²) in [6.07, 6.45) is 0. The van der Waals surface area contributed by atoms with Gasteiger partial charge in [-0.1, -0.05) is 25.2 Å². The fraction of sp³-hybridized carbons (Fsp3) is 0. The van der Waals surface area contributed by atoms with Crippen molar-refractivity contribution in [1.82, 2.24) is 5.43 Å². The lowest BCUT2D eigenvalue weighted by atomic mass is 10.2. The van der Waals surface area contributed by atoms with Crippen molar-refractivity contribution in [2.45, 2.75) is 0 Å². The fourth-order valence-corrected chi connectivity index (χ4v) is 2.34. The lowest BCUT2D eigenvalue weighted by Crippen LogP contribution is -2.30. The van der Waals surface area contributed by atoms with Gasteiger partial charge in [0.1, 0.15) is 5.75 Å². The third-order valence-electron chi connectivity index (χ3n) is 1.59. The van der Waals surface area contributed by atoms with Crippen LogP contribution in [-0.4, -0.2) is 10.4 Å². The van der Waals surface area contributed by atoms with E-state index >= 15 is 0 Å². The highest BCUT2D eigenvalue weighted by Crippen LogP contribution is 2.22. The molecule has 0 radical (unpaired) electrons. The van der Waals surface area contributed by atoms with Crippen LogP contribution in [0, 0.1) is 3.57 Å². The molecule has 0 spiro atoms. The fourth-order valence-electron chi connectivity index (χ4n) is 0.946. The van der Waals surface area contributed by atoms with Crippen LogP contribution >= 0.6 is 30.2 Å². The van der Waals surface area contributed by atoms with E-state index in [0.29, 0.717) is 11.3 Å². The molecule has 0 aliphatic heterocycles. The molecule has 1 atom stereocenters. The van der Waals surface area contributed by atoms with Crippen LogP contribution in [0.4, 0.5) is 0 Å². The number of nitrogens with one attached hydrogen (secondary N) is 1. The Hall–Kier alpha value is -0.520. The number of hydrogen-bond acceptors (Lipinski definition) is 3. The van der Waals surface area contributed by atoms with Crippen LogP contribution in [0.15, 0.2) is 18.2 Å². The van der Waals surface area contributed by atoms with Crippen LogP contribution in [-0.2, 0) is 0 Å². The number of halogens is 1. The molecule has 6 heteroatoms. The molecule has 0 aliphatic carbocycles. The molecule has 0 bridgehead atoms. The van der Waals surface area contributed by atoms with Gasteiger partial charge in [0.05, 0.1) is 15.0 Å². The zero-order valence-electron chi connectivity index (χ0n) is 7.29. The van der Waals surface area contributed by atoms with E-state index in [0.717, 1.165) is 3.57 Å². The molecule has 0 heterocycles. The molecule has 0 fully saturated rings. The molecule has 14 heavy (non-hydrogen) atoms. The summed E-state index contributed by atoms with van der Waals surface area (Å²) in [5, 5.41) is 0. The summed E-state index contributed by atoms with van der Waals surface area (Å²) in [4.78, 5) is 11.4. The van der Waals surface area contributed by atoms with Gasteiger partial charge in [0.2, 0.25) is 0 Å². The van der Waals surface area contributed by atoms with E-state index in [1.54, 1.807) is 12.1 Å². The molecule has 3 N–H and O–H groups in total. The Morgan fingerprint density at radius 1 is 1.64 bits per heavy atom. The Kier molecular flexibility index (Phi) is 4.44. The monoisotopic (exact) mass is 324 g/mol. The maximum Gasteiger partial charge on any atom is 0.266 e. The van der Waals surface area contributed by atoms with Crippen LogP contribution in [0.3, 0.4) is 0 Å². The summed E-state index contributed by atoms with van der Waals surface area (Å²) >= 11 is -0.399. The first-order chi connectivity index (χ1) is 6.72. The van der Waals surface area contributed by atoms with Gasteiger partial charge >= 0.3 is 0 Å². The predicted molar refractivity (Wildman–Crippen MR) is 68.3 cm³/mol. The SMILES string of the molecule is C=Ic1ccc(OP)cc1C(=O)NN. The van der Waals surface area contributed by atoms with E-state index in [9.17, 15) is 4.79 Å². The Morgan fingerprint density at radius 3 is 2.86 bits per heavy atom. The van der Waals surface area contributed by atoms with Gasteiger partial charge in [-0.15, -0.1) is 0 Å². The predicted octanol–water partition coefficient (Wildman–Crippen LogP) is 1.03. The number of carbonyl (C=O) groups excluding carboxylic acids is 1. The van der Waals surface area contributed by atoms with E-state index < -0.39 is 20.7 Å². The zero-order chi connectivity index (χ0) is 10.6. The number of carbonyl (C=O) groups is 1. The molecule has 0 aromatic heterocycles. The smallest absolute Gasteiger partial charge is 0.266 e.